The monoisotopic (exact) mass is 319 g/mol. The van der Waals surface area contributed by atoms with Crippen LogP contribution in [0.3, 0.4) is 0 Å². The predicted molar refractivity (Wildman–Crippen MR) is 78.1 cm³/mol. The van der Waals surface area contributed by atoms with Crippen LogP contribution in [0.2, 0.25) is 0 Å². The minimum Gasteiger partial charge on any atom is -0.465 e. The number of thioether (sulfide) groups is 1. The lowest BCUT2D eigenvalue weighted by Crippen LogP contribution is -2.16. The summed E-state index contributed by atoms with van der Waals surface area (Å²) in [6.45, 7) is 0. The molecule has 1 heterocycles. The molecule has 0 aliphatic rings. The second-order valence-electron chi connectivity index (χ2n) is 4.06. The lowest BCUT2D eigenvalue weighted by atomic mass is 10.0. The Morgan fingerprint density at radius 2 is 2.23 bits per heavy atom. The van der Waals surface area contributed by atoms with Gasteiger partial charge in [-0.25, -0.2) is 14.2 Å². The zero-order chi connectivity index (χ0) is 16.3. The Bertz CT molecular complexity index is 842. The molecule has 0 fully saturated rings. The molecule has 112 valence electrons. The van der Waals surface area contributed by atoms with E-state index in [1.807, 2.05) is 0 Å². The van der Waals surface area contributed by atoms with E-state index < -0.39 is 17.3 Å². The van der Waals surface area contributed by atoms with Crippen LogP contribution in [0, 0.1) is 17.1 Å². The number of hydrogen-bond donors (Lipinski definition) is 1. The second kappa shape index (κ2) is 6.41. The Hall–Kier alpha value is -2.66. The molecule has 6 nitrogen and oxygen atoms in total. The fraction of sp³-hybridized carbons (Fsp3) is 0.143. The molecule has 0 saturated heterocycles. The molecular formula is C14H10FN3O3S. The van der Waals surface area contributed by atoms with E-state index in [9.17, 15) is 14.0 Å². The van der Waals surface area contributed by atoms with Crippen molar-refractivity contribution in [1.29, 1.82) is 5.26 Å². The van der Waals surface area contributed by atoms with Crippen LogP contribution >= 0.6 is 11.8 Å². The number of aromatic amines is 1. The molecule has 22 heavy (non-hydrogen) atoms. The third-order valence-electron chi connectivity index (χ3n) is 2.86. The number of H-pyrrole nitrogens is 1. The lowest BCUT2D eigenvalue weighted by Gasteiger charge is -2.10. The van der Waals surface area contributed by atoms with Crippen LogP contribution in [-0.4, -0.2) is 29.3 Å². The van der Waals surface area contributed by atoms with Gasteiger partial charge in [-0.3, -0.25) is 4.79 Å². The highest BCUT2D eigenvalue weighted by Gasteiger charge is 2.23. The van der Waals surface area contributed by atoms with Gasteiger partial charge in [-0.1, -0.05) is 17.8 Å². The van der Waals surface area contributed by atoms with Crippen molar-refractivity contribution in [3.8, 4) is 17.3 Å². The standard InChI is InChI=1S/C14H10FN3O3S/c1-21-13(20)7-4-3-5-9(15)10(7)11-8(6-16)12(19)18-14(17-11)22-2/h3-5H,1-2H3,(H,17,18,19). The Kier molecular flexibility index (Phi) is 4.58. The van der Waals surface area contributed by atoms with Gasteiger partial charge in [0.25, 0.3) is 5.56 Å². The number of benzene rings is 1. The third-order valence-corrected chi connectivity index (χ3v) is 3.44. The van der Waals surface area contributed by atoms with Crippen molar-refractivity contribution in [1.82, 2.24) is 9.97 Å². The van der Waals surface area contributed by atoms with E-state index in [1.165, 1.54) is 12.1 Å². The molecule has 0 aliphatic carbocycles. The van der Waals surface area contributed by atoms with Gasteiger partial charge < -0.3 is 9.72 Å². The lowest BCUT2D eigenvalue weighted by molar-refractivity contribution is 0.0601. The minimum absolute atomic E-state index is 0.107. The molecule has 0 saturated carbocycles. The quantitative estimate of drug-likeness (QED) is 0.528. The molecule has 8 heteroatoms. The zero-order valence-electron chi connectivity index (χ0n) is 11.6. The smallest absolute Gasteiger partial charge is 0.338 e. The average molecular weight is 319 g/mol. The summed E-state index contributed by atoms with van der Waals surface area (Å²) in [5.41, 5.74) is -1.59. The van der Waals surface area contributed by atoms with E-state index in [0.717, 1.165) is 24.9 Å². The number of nitrogens with one attached hydrogen (secondary N) is 1. The summed E-state index contributed by atoms with van der Waals surface area (Å²) >= 11 is 1.12. The first-order chi connectivity index (χ1) is 10.5. The Morgan fingerprint density at radius 1 is 1.50 bits per heavy atom. The summed E-state index contributed by atoms with van der Waals surface area (Å²) in [5.74, 6) is -1.56. The molecule has 0 amide bonds. The van der Waals surface area contributed by atoms with Crippen molar-refractivity contribution >= 4 is 17.7 Å². The summed E-state index contributed by atoms with van der Waals surface area (Å²) in [4.78, 5) is 30.2. The van der Waals surface area contributed by atoms with Gasteiger partial charge in [0.1, 0.15) is 23.1 Å². The van der Waals surface area contributed by atoms with Crippen LogP contribution < -0.4 is 5.56 Å². The van der Waals surface area contributed by atoms with Crippen LogP contribution in [0.25, 0.3) is 11.3 Å². The van der Waals surface area contributed by atoms with E-state index in [-0.39, 0.29) is 27.5 Å². The summed E-state index contributed by atoms with van der Waals surface area (Å²) < 4.78 is 18.8. The highest BCUT2D eigenvalue weighted by atomic mass is 32.2. The SMILES string of the molecule is COC(=O)c1cccc(F)c1-c1nc(SC)[nH]c(=O)c1C#N. The van der Waals surface area contributed by atoms with Gasteiger partial charge in [0, 0.05) is 0 Å². The maximum absolute atomic E-state index is 14.2. The number of carbonyl (C=O) groups excluding carboxylic acids is 1. The maximum atomic E-state index is 14.2. The molecule has 1 aromatic carbocycles. The van der Waals surface area contributed by atoms with Crippen LogP contribution in [0.15, 0.2) is 28.2 Å². The Morgan fingerprint density at radius 3 is 2.82 bits per heavy atom. The third kappa shape index (κ3) is 2.71. The van der Waals surface area contributed by atoms with Gasteiger partial charge >= 0.3 is 5.97 Å². The van der Waals surface area contributed by atoms with Crippen molar-refractivity contribution < 1.29 is 13.9 Å². The van der Waals surface area contributed by atoms with Crippen molar-refractivity contribution in [3.63, 3.8) is 0 Å². The minimum atomic E-state index is -0.786. The zero-order valence-corrected chi connectivity index (χ0v) is 12.5. The second-order valence-corrected chi connectivity index (χ2v) is 4.86. The fourth-order valence-corrected chi connectivity index (χ4v) is 2.26. The first kappa shape index (κ1) is 15.7. The number of nitrogens with zero attached hydrogens (tertiary/aromatic N) is 2. The number of rotatable bonds is 3. The molecule has 2 aromatic rings. The Balaban J connectivity index is 2.88. The first-order valence-electron chi connectivity index (χ1n) is 5.99. The number of nitriles is 1. The van der Waals surface area contributed by atoms with E-state index in [1.54, 1.807) is 12.3 Å². The van der Waals surface area contributed by atoms with Gasteiger partial charge in [-0.05, 0) is 18.4 Å². The number of ether oxygens (including phenoxy) is 1. The molecule has 0 radical (unpaired) electrons. The van der Waals surface area contributed by atoms with Crippen LogP contribution in [-0.2, 0) is 4.74 Å². The average Bonchev–Trinajstić information content (AvgIpc) is 2.53. The summed E-state index contributed by atoms with van der Waals surface area (Å²) in [6, 6.07) is 5.48. The largest absolute Gasteiger partial charge is 0.465 e. The van der Waals surface area contributed by atoms with Gasteiger partial charge in [0.05, 0.1) is 18.2 Å². The topological polar surface area (TPSA) is 95.8 Å². The summed E-state index contributed by atoms with van der Waals surface area (Å²) in [5, 5.41) is 9.35. The van der Waals surface area contributed by atoms with E-state index in [4.69, 9.17) is 5.26 Å². The normalized spacial score (nSPS) is 10.1. The number of aromatic nitrogens is 2. The van der Waals surface area contributed by atoms with Gasteiger partial charge in [-0.15, -0.1) is 0 Å². The molecular weight excluding hydrogens is 309 g/mol. The van der Waals surface area contributed by atoms with Crippen molar-refractivity contribution in [2.24, 2.45) is 0 Å². The van der Waals surface area contributed by atoms with E-state index >= 15 is 0 Å². The van der Waals surface area contributed by atoms with Crippen molar-refractivity contribution in [3.05, 3.63) is 45.5 Å². The van der Waals surface area contributed by atoms with Crippen molar-refractivity contribution in [2.75, 3.05) is 13.4 Å². The molecule has 1 N–H and O–H groups in total. The van der Waals surface area contributed by atoms with E-state index in [2.05, 4.69) is 14.7 Å². The van der Waals surface area contributed by atoms with Gasteiger partial charge in [0.2, 0.25) is 0 Å². The Labute approximate surface area is 129 Å². The molecule has 0 unspecified atom stereocenters. The summed E-state index contributed by atoms with van der Waals surface area (Å²) in [6.07, 6.45) is 1.66. The number of carbonyl (C=O) groups is 1. The highest BCUT2D eigenvalue weighted by Crippen LogP contribution is 2.28. The number of methoxy groups -OCH3 is 1. The number of halogens is 1. The van der Waals surface area contributed by atoms with Crippen molar-refractivity contribution in [2.45, 2.75) is 5.16 Å². The molecule has 1 aromatic heterocycles. The molecule has 0 bridgehead atoms. The number of hydrogen-bond acceptors (Lipinski definition) is 6. The van der Waals surface area contributed by atoms with Crippen LogP contribution in [0.1, 0.15) is 15.9 Å². The van der Waals surface area contributed by atoms with Gasteiger partial charge in [0.15, 0.2) is 5.16 Å². The fourth-order valence-electron chi connectivity index (χ4n) is 1.88. The van der Waals surface area contributed by atoms with Crippen LogP contribution in [0.5, 0.6) is 0 Å². The molecule has 0 atom stereocenters. The first-order valence-corrected chi connectivity index (χ1v) is 7.21. The number of esters is 1. The molecule has 0 spiro atoms. The molecule has 0 aliphatic heterocycles. The maximum Gasteiger partial charge on any atom is 0.338 e. The highest BCUT2D eigenvalue weighted by molar-refractivity contribution is 7.98. The van der Waals surface area contributed by atoms with E-state index in [0.29, 0.717) is 0 Å². The molecule has 2 rings (SSSR count). The van der Waals surface area contributed by atoms with Crippen LogP contribution in [0.4, 0.5) is 4.39 Å². The van der Waals surface area contributed by atoms with Gasteiger partial charge in [-0.2, -0.15) is 5.26 Å². The predicted octanol–water partition coefficient (Wildman–Crippen LogP) is 1.96. The summed E-state index contributed by atoms with van der Waals surface area (Å²) in [7, 11) is 1.15.